The minimum Gasteiger partial charge on any atom is -0.391 e. The van der Waals surface area contributed by atoms with Crippen molar-refractivity contribution in [3.05, 3.63) is 23.8 Å². The molecule has 1 N–H and O–H groups in total. The zero-order valence-corrected chi connectivity index (χ0v) is 8.82. The van der Waals surface area contributed by atoms with Crippen LogP contribution in [0, 0.1) is 0 Å². The number of hydrogen-bond acceptors (Lipinski definition) is 3. The number of benzene rings is 1. The van der Waals surface area contributed by atoms with E-state index in [-0.39, 0.29) is 5.92 Å². The van der Waals surface area contributed by atoms with E-state index in [1.54, 1.807) is 12.1 Å². The van der Waals surface area contributed by atoms with Gasteiger partial charge in [-0.25, -0.2) is 4.57 Å². The van der Waals surface area contributed by atoms with Gasteiger partial charge in [0, 0.05) is 5.56 Å². The van der Waals surface area contributed by atoms with Crippen LogP contribution in [0.4, 0.5) is 0 Å². The van der Waals surface area contributed by atoms with Crippen LogP contribution in [0.3, 0.4) is 0 Å². The van der Waals surface area contributed by atoms with Crippen LogP contribution >= 0.6 is 7.82 Å². The van der Waals surface area contributed by atoms with E-state index < -0.39 is 7.82 Å². The Kier molecular flexibility index (Phi) is 2.05. The second kappa shape index (κ2) is 3.01. The van der Waals surface area contributed by atoms with E-state index in [0.29, 0.717) is 11.5 Å². The van der Waals surface area contributed by atoms with Gasteiger partial charge in [-0.15, -0.1) is 0 Å². The van der Waals surface area contributed by atoms with Gasteiger partial charge >= 0.3 is 7.82 Å². The molecule has 1 heterocycles. The normalized spacial score (nSPS) is 24.3. The minimum atomic E-state index is -3.89. The molecular formula is C9H11O4P. The fraction of sp³-hybridized carbons (Fsp3) is 0.333. The van der Waals surface area contributed by atoms with Crippen LogP contribution in [0.25, 0.3) is 0 Å². The summed E-state index contributed by atoms with van der Waals surface area (Å²) in [6.07, 6.45) is 0. The van der Waals surface area contributed by atoms with E-state index in [0.717, 1.165) is 5.56 Å². The third kappa shape index (κ3) is 1.51. The Bertz CT molecular complexity index is 413. The minimum absolute atomic E-state index is 0.228. The Morgan fingerprint density at radius 3 is 2.71 bits per heavy atom. The average Bonchev–Trinajstić information content (AvgIpc) is 2.36. The summed E-state index contributed by atoms with van der Waals surface area (Å²) >= 11 is 0. The molecule has 0 radical (unpaired) electrons. The molecule has 1 aliphatic heterocycles. The molecule has 0 saturated carbocycles. The van der Waals surface area contributed by atoms with Crippen LogP contribution in [-0.4, -0.2) is 4.89 Å². The Balaban J connectivity index is 2.52. The number of phosphoric ester groups is 1. The van der Waals surface area contributed by atoms with Crippen molar-refractivity contribution in [2.45, 2.75) is 19.8 Å². The van der Waals surface area contributed by atoms with Crippen LogP contribution in [0.15, 0.2) is 18.2 Å². The van der Waals surface area contributed by atoms with Crippen molar-refractivity contribution >= 4 is 7.82 Å². The molecule has 1 unspecified atom stereocenters. The summed E-state index contributed by atoms with van der Waals surface area (Å²) in [7, 11) is -3.89. The van der Waals surface area contributed by atoms with Gasteiger partial charge < -0.3 is 9.05 Å². The van der Waals surface area contributed by atoms with E-state index in [1.165, 1.54) is 0 Å². The summed E-state index contributed by atoms with van der Waals surface area (Å²) in [6, 6.07) is 5.26. The fourth-order valence-corrected chi connectivity index (χ4v) is 2.27. The van der Waals surface area contributed by atoms with E-state index >= 15 is 0 Å². The molecule has 14 heavy (non-hydrogen) atoms. The molecule has 0 saturated heterocycles. The van der Waals surface area contributed by atoms with Gasteiger partial charge in [-0.1, -0.05) is 26.0 Å². The quantitative estimate of drug-likeness (QED) is 0.730. The molecule has 0 bridgehead atoms. The highest BCUT2D eigenvalue weighted by atomic mass is 31.2. The number of hydrogen-bond donors (Lipinski definition) is 1. The first-order valence-corrected chi connectivity index (χ1v) is 5.84. The van der Waals surface area contributed by atoms with Gasteiger partial charge in [0.05, 0.1) is 0 Å². The lowest BCUT2D eigenvalue weighted by atomic mass is 10.0. The Morgan fingerprint density at radius 2 is 2.07 bits per heavy atom. The first-order chi connectivity index (χ1) is 6.49. The predicted molar refractivity (Wildman–Crippen MR) is 51.6 cm³/mol. The zero-order chi connectivity index (χ0) is 10.3. The third-order valence-electron chi connectivity index (χ3n) is 2.05. The fourth-order valence-electron chi connectivity index (χ4n) is 1.42. The van der Waals surface area contributed by atoms with Crippen molar-refractivity contribution in [3.63, 3.8) is 0 Å². The van der Waals surface area contributed by atoms with Gasteiger partial charge in [-0.3, -0.25) is 4.89 Å². The molecule has 5 heteroatoms. The summed E-state index contributed by atoms with van der Waals surface area (Å²) in [6.45, 7) is 3.97. The molecule has 1 atom stereocenters. The van der Waals surface area contributed by atoms with Gasteiger partial charge in [0.25, 0.3) is 0 Å². The van der Waals surface area contributed by atoms with Crippen LogP contribution in [0.5, 0.6) is 11.5 Å². The lowest BCUT2D eigenvalue weighted by Gasteiger charge is -2.07. The average molecular weight is 214 g/mol. The molecule has 0 aliphatic carbocycles. The monoisotopic (exact) mass is 214 g/mol. The lowest BCUT2D eigenvalue weighted by Crippen LogP contribution is -1.91. The van der Waals surface area contributed by atoms with Crippen molar-refractivity contribution in [3.8, 4) is 11.5 Å². The standard InChI is InChI=1S/C9H11O4P/c1-6(2)7-4-3-5-8-9(7)13-14(10,11)12-8/h3-6H,1-2H3,(H,10,11). The van der Waals surface area contributed by atoms with E-state index in [4.69, 9.17) is 13.9 Å². The molecule has 0 spiro atoms. The number of para-hydroxylation sites is 1. The molecule has 0 amide bonds. The molecule has 76 valence electrons. The van der Waals surface area contributed by atoms with Gasteiger partial charge in [-0.2, -0.15) is 0 Å². The Hall–Kier alpha value is -0.990. The Morgan fingerprint density at radius 1 is 1.36 bits per heavy atom. The van der Waals surface area contributed by atoms with Crippen LogP contribution in [0.2, 0.25) is 0 Å². The molecule has 0 fully saturated rings. The maximum absolute atomic E-state index is 11.2. The van der Waals surface area contributed by atoms with Gasteiger partial charge in [0.2, 0.25) is 0 Å². The summed E-state index contributed by atoms with van der Waals surface area (Å²) < 4.78 is 20.8. The van der Waals surface area contributed by atoms with Crippen LogP contribution in [0.1, 0.15) is 25.3 Å². The highest BCUT2D eigenvalue weighted by Gasteiger charge is 2.36. The first-order valence-electron chi connectivity index (χ1n) is 4.34. The largest absolute Gasteiger partial charge is 0.585 e. The second-order valence-corrected chi connectivity index (χ2v) is 4.78. The zero-order valence-electron chi connectivity index (χ0n) is 7.93. The van der Waals surface area contributed by atoms with Crippen molar-refractivity contribution < 1.29 is 18.5 Å². The number of rotatable bonds is 1. The highest BCUT2D eigenvalue weighted by Crippen LogP contribution is 2.57. The smallest absolute Gasteiger partial charge is 0.391 e. The van der Waals surface area contributed by atoms with E-state index in [2.05, 4.69) is 0 Å². The summed E-state index contributed by atoms with van der Waals surface area (Å²) in [5.41, 5.74) is 0.884. The molecule has 2 rings (SSSR count). The van der Waals surface area contributed by atoms with Crippen molar-refractivity contribution in [2.24, 2.45) is 0 Å². The third-order valence-corrected chi connectivity index (χ3v) is 2.89. The van der Waals surface area contributed by atoms with Crippen molar-refractivity contribution in [1.82, 2.24) is 0 Å². The van der Waals surface area contributed by atoms with Gasteiger partial charge in [0.15, 0.2) is 11.5 Å². The van der Waals surface area contributed by atoms with E-state index in [1.807, 2.05) is 19.9 Å². The summed E-state index contributed by atoms with van der Waals surface area (Å²) in [5.74, 6) is 0.974. The molecular weight excluding hydrogens is 203 g/mol. The molecule has 4 nitrogen and oxygen atoms in total. The molecule has 1 aromatic rings. The molecule has 0 aromatic heterocycles. The van der Waals surface area contributed by atoms with Crippen LogP contribution < -0.4 is 9.05 Å². The molecule has 1 aromatic carbocycles. The highest BCUT2D eigenvalue weighted by molar-refractivity contribution is 7.48. The number of phosphoric acid groups is 1. The van der Waals surface area contributed by atoms with Gasteiger partial charge in [-0.05, 0) is 12.0 Å². The SMILES string of the molecule is CC(C)c1cccc2c1OP(=O)(O)O2. The summed E-state index contributed by atoms with van der Waals surface area (Å²) in [4.78, 5) is 9.13. The topological polar surface area (TPSA) is 55.8 Å². The predicted octanol–water partition coefficient (Wildman–Crippen LogP) is 2.68. The first kappa shape index (κ1) is 9.56. The second-order valence-electron chi connectivity index (χ2n) is 3.48. The number of fused-ring (bicyclic) bond motifs is 1. The summed E-state index contributed by atoms with van der Waals surface area (Å²) in [5, 5.41) is 0. The van der Waals surface area contributed by atoms with Crippen molar-refractivity contribution in [2.75, 3.05) is 0 Å². The van der Waals surface area contributed by atoms with Gasteiger partial charge in [0.1, 0.15) is 0 Å². The maximum Gasteiger partial charge on any atom is 0.585 e. The molecule has 1 aliphatic rings. The maximum atomic E-state index is 11.2. The van der Waals surface area contributed by atoms with E-state index in [9.17, 15) is 4.57 Å². The van der Waals surface area contributed by atoms with Crippen LogP contribution in [-0.2, 0) is 4.57 Å². The van der Waals surface area contributed by atoms with Crippen molar-refractivity contribution in [1.29, 1.82) is 0 Å². The Labute approximate surface area is 82.1 Å². The lowest BCUT2D eigenvalue weighted by molar-refractivity contribution is 0.323.